The van der Waals surface area contributed by atoms with E-state index < -0.39 is 4.92 Å². The van der Waals surface area contributed by atoms with Crippen molar-refractivity contribution < 1.29 is 9.72 Å². The molecule has 2 heterocycles. The van der Waals surface area contributed by atoms with Gasteiger partial charge in [0.05, 0.1) is 22.0 Å². The first-order chi connectivity index (χ1) is 13.5. The third-order valence-electron chi connectivity index (χ3n) is 4.32. The van der Waals surface area contributed by atoms with Crippen LogP contribution >= 0.6 is 11.3 Å². The van der Waals surface area contributed by atoms with Crippen LogP contribution in [0.1, 0.15) is 20.9 Å². The van der Waals surface area contributed by atoms with E-state index in [1.165, 1.54) is 23.5 Å². The van der Waals surface area contributed by atoms with Crippen LogP contribution in [-0.4, -0.2) is 20.6 Å². The first-order valence-corrected chi connectivity index (χ1v) is 9.39. The molecule has 0 saturated carbocycles. The van der Waals surface area contributed by atoms with Gasteiger partial charge in [0.25, 0.3) is 11.6 Å². The standard InChI is InChI=1S/C20H16N4O3S/c1-13-17-11-18(19(25)21-15-8-5-9-16(10-15)24(26)27)28-20(17)23(22-13)12-14-6-3-2-4-7-14/h2-11H,12H2,1H3,(H,21,25). The average Bonchev–Trinajstić information content (AvgIpc) is 3.24. The third-order valence-corrected chi connectivity index (χ3v) is 5.47. The number of fused-ring (bicyclic) bond motifs is 1. The van der Waals surface area contributed by atoms with Crippen LogP contribution < -0.4 is 5.32 Å². The van der Waals surface area contributed by atoms with Crippen LogP contribution in [0.5, 0.6) is 0 Å². The second-order valence-corrected chi connectivity index (χ2v) is 7.35. The van der Waals surface area contributed by atoms with E-state index in [4.69, 9.17) is 0 Å². The zero-order valence-electron chi connectivity index (χ0n) is 15.0. The Balaban J connectivity index is 1.61. The number of rotatable bonds is 5. The van der Waals surface area contributed by atoms with Gasteiger partial charge in [-0.25, -0.2) is 0 Å². The maximum absolute atomic E-state index is 12.6. The summed E-state index contributed by atoms with van der Waals surface area (Å²) in [6, 6.07) is 17.7. The average molecular weight is 392 g/mol. The van der Waals surface area contributed by atoms with E-state index in [1.54, 1.807) is 12.1 Å². The summed E-state index contributed by atoms with van der Waals surface area (Å²) in [5.74, 6) is -0.299. The number of aromatic nitrogens is 2. The Morgan fingerprint density at radius 1 is 1.18 bits per heavy atom. The summed E-state index contributed by atoms with van der Waals surface area (Å²) in [5, 5.41) is 19.1. The maximum atomic E-state index is 12.6. The van der Waals surface area contributed by atoms with Gasteiger partial charge in [-0.15, -0.1) is 11.3 Å². The molecule has 0 aliphatic carbocycles. The number of nitrogens with one attached hydrogen (secondary N) is 1. The van der Waals surface area contributed by atoms with Crippen LogP contribution in [0.3, 0.4) is 0 Å². The van der Waals surface area contributed by atoms with Crippen molar-refractivity contribution in [3.8, 4) is 0 Å². The molecule has 7 nitrogen and oxygen atoms in total. The van der Waals surface area contributed by atoms with Crippen molar-refractivity contribution in [2.24, 2.45) is 0 Å². The first-order valence-electron chi connectivity index (χ1n) is 8.58. The van der Waals surface area contributed by atoms with Gasteiger partial charge in [-0.3, -0.25) is 19.6 Å². The highest BCUT2D eigenvalue weighted by Crippen LogP contribution is 2.29. The predicted molar refractivity (Wildman–Crippen MR) is 109 cm³/mol. The van der Waals surface area contributed by atoms with E-state index in [0.717, 1.165) is 21.5 Å². The Morgan fingerprint density at radius 2 is 1.96 bits per heavy atom. The molecule has 8 heteroatoms. The number of hydrogen-bond donors (Lipinski definition) is 1. The molecule has 2 aromatic carbocycles. The van der Waals surface area contributed by atoms with Gasteiger partial charge in [-0.05, 0) is 24.6 Å². The molecule has 4 rings (SSSR count). The van der Waals surface area contributed by atoms with Gasteiger partial charge in [0.1, 0.15) is 4.83 Å². The number of carbonyl (C=O) groups excluding carboxylic acids is 1. The monoisotopic (exact) mass is 392 g/mol. The largest absolute Gasteiger partial charge is 0.321 e. The van der Waals surface area contributed by atoms with E-state index >= 15 is 0 Å². The van der Waals surface area contributed by atoms with E-state index in [-0.39, 0.29) is 11.6 Å². The van der Waals surface area contributed by atoms with Crippen molar-refractivity contribution in [2.45, 2.75) is 13.5 Å². The molecule has 1 N–H and O–H groups in total. The molecule has 0 spiro atoms. The van der Waals surface area contributed by atoms with Crippen LogP contribution in [0.25, 0.3) is 10.2 Å². The van der Waals surface area contributed by atoms with Crippen molar-refractivity contribution in [1.29, 1.82) is 0 Å². The van der Waals surface area contributed by atoms with Gasteiger partial charge >= 0.3 is 0 Å². The van der Waals surface area contributed by atoms with Crippen molar-refractivity contribution in [1.82, 2.24) is 9.78 Å². The summed E-state index contributed by atoms with van der Waals surface area (Å²) >= 11 is 1.36. The van der Waals surface area contributed by atoms with Crippen LogP contribution in [0, 0.1) is 17.0 Å². The molecule has 4 aromatic rings. The molecule has 0 aliphatic heterocycles. The molecule has 0 bridgehead atoms. The van der Waals surface area contributed by atoms with Crippen LogP contribution in [0.2, 0.25) is 0 Å². The van der Waals surface area contributed by atoms with Gasteiger partial charge < -0.3 is 5.32 Å². The second-order valence-electron chi connectivity index (χ2n) is 6.32. The summed E-state index contributed by atoms with van der Waals surface area (Å²) in [7, 11) is 0. The quantitative estimate of drug-likeness (QED) is 0.396. The van der Waals surface area contributed by atoms with Gasteiger partial charge in [0.2, 0.25) is 0 Å². The van der Waals surface area contributed by atoms with E-state index in [2.05, 4.69) is 10.4 Å². The maximum Gasteiger partial charge on any atom is 0.271 e. The summed E-state index contributed by atoms with van der Waals surface area (Å²) < 4.78 is 1.90. The molecule has 0 radical (unpaired) electrons. The Morgan fingerprint density at radius 3 is 2.71 bits per heavy atom. The van der Waals surface area contributed by atoms with E-state index in [9.17, 15) is 14.9 Å². The molecule has 0 aliphatic rings. The molecule has 0 fully saturated rings. The minimum atomic E-state index is -0.489. The van der Waals surface area contributed by atoms with Crippen molar-refractivity contribution in [3.63, 3.8) is 0 Å². The number of nitro groups is 1. The number of anilines is 1. The minimum Gasteiger partial charge on any atom is -0.321 e. The summed E-state index contributed by atoms with van der Waals surface area (Å²) in [5.41, 5.74) is 2.31. The Kier molecular flexibility index (Phi) is 4.62. The van der Waals surface area contributed by atoms with Gasteiger partial charge in [-0.1, -0.05) is 36.4 Å². The van der Waals surface area contributed by atoms with E-state index in [0.29, 0.717) is 17.1 Å². The Hall–Kier alpha value is -3.52. The third kappa shape index (κ3) is 3.49. The first kappa shape index (κ1) is 17.9. The van der Waals surface area contributed by atoms with Gasteiger partial charge in [-0.2, -0.15) is 5.10 Å². The fourth-order valence-electron chi connectivity index (χ4n) is 2.98. The SMILES string of the molecule is Cc1nn(Cc2ccccc2)c2sc(C(=O)Nc3cccc([N+](=O)[O-])c3)cc12. The Bertz CT molecular complexity index is 1180. The summed E-state index contributed by atoms with van der Waals surface area (Å²) in [6.45, 7) is 2.54. The van der Waals surface area contributed by atoms with Crippen LogP contribution in [0.15, 0.2) is 60.7 Å². The smallest absolute Gasteiger partial charge is 0.271 e. The molecule has 0 atom stereocenters. The molecule has 1 amide bonds. The number of non-ortho nitro benzene ring substituents is 1. The number of carbonyl (C=O) groups is 1. The lowest BCUT2D eigenvalue weighted by atomic mass is 10.2. The van der Waals surface area contributed by atoms with Gasteiger partial charge in [0.15, 0.2) is 0 Å². The fraction of sp³-hybridized carbons (Fsp3) is 0.100. The molecule has 0 unspecified atom stereocenters. The lowest BCUT2D eigenvalue weighted by molar-refractivity contribution is -0.384. The van der Waals surface area contributed by atoms with Crippen LogP contribution in [0.4, 0.5) is 11.4 Å². The number of aryl methyl sites for hydroxylation is 1. The number of thiophene rings is 1. The van der Waals surface area contributed by atoms with Crippen LogP contribution in [-0.2, 0) is 6.54 Å². The minimum absolute atomic E-state index is 0.0662. The molecular formula is C20H16N4O3S. The number of nitro benzene ring substituents is 1. The van der Waals surface area contributed by atoms with Crippen molar-refractivity contribution >= 4 is 38.8 Å². The lowest BCUT2D eigenvalue weighted by Crippen LogP contribution is -2.10. The Labute approximate surface area is 164 Å². The van der Waals surface area contributed by atoms with Gasteiger partial charge in [0, 0.05) is 23.2 Å². The normalized spacial score (nSPS) is 10.9. The number of hydrogen-bond acceptors (Lipinski definition) is 5. The van der Waals surface area contributed by atoms with E-state index in [1.807, 2.05) is 48.0 Å². The zero-order chi connectivity index (χ0) is 19.7. The molecular weight excluding hydrogens is 376 g/mol. The highest BCUT2D eigenvalue weighted by Gasteiger charge is 2.17. The molecule has 28 heavy (non-hydrogen) atoms. The fourth-order valence-corrected chi connectivity index (χ4v) is 4.03. The molecule has 2 aromatic heterocycles. The van der Waals surface area contributed by atoms with Crippen molar-refractivity contribution in [2.75, 3.05) is 5.32 Å². The number of benzene rings is 2. The highest BCUT2D eigenvalue weighted by atomic mass is 32.1. The second kappa shape index (κ2) is 7.24. The highest BCUT2D eigenvalue weighted by molar-refractivity contribution is 7.20. The lowest BCUT2D eigenvalue weighted by Gasteiger charge is -2.04. The number of nitrogens with zero attached hydrogens (tertiary/aromatic N) is 3. The topological polar surface area (TPSA) is 90.1 Å². The zero-order valence-corrected chi connectivity index (χ0v) is 15.8. The number of amides is 1. The molecule has 0 saturated heterocycles. The summed E-state index contributed by atoms with van der Waals surface area (Å²) in [6.07, 6.45) is 0. The predicted octanol–water partition coefficient (Wildman–Crippen LogP) is 4.62. The summed E-state index contributed by atoms with van der Waals surface area (Å²) in [4.78, 5) is 24.5. The van der Waals surface area contributed by atoms with Crippen molar-refractivity contribution in [3.05, 3.63) is 86.9 Å². The molecule has 140 valence electrons.